The molecule has 0 unspecified atom stereocenters. The lowest BCUT2D eigenvalue weighted by Crippen LogP contribution is -2.29. The molecule has 0 spiro atoms. The van der Waals surface area contributed by atoms with E-state index in [1.54, 1.807) is 7.05 Å². The van der Waals surface area contributed by atoms with Gasteiger partial charge in [-0.25, -0.2) is 8.42 Å². The first-order chi connectivity index (χ1) is 12.1. The number of nitrogens with zero attached hydrogens (tertiary/aromatic N) is 1. The van der Waals surface area contributed by atoms with Crippen molar-refractivity contribution in [3.8, 4) is 5.75 Å². The molecule has 0 saturated heterocycles. The van der Waals surface area contributed by atoms with Crippen molar-refractivity contribution in [2.24, 2.45) is 0 Å². The molecule has 0 aromatic heterocycles. The van der Waals surface area contributed by atoms with Gasteiger partial charge in [-0.3, -0.25) is 4.72 Å². The van der Waals surface area contributed by atoms with Gasteiger partial charge in [-0.15, -0.1) is 0 Å². The Hall–Kier alpha value is -2.13. The number of anilines is 2. The van der Waals surface area contributed by atoms with Crippen LogP contribution >= 0.6 is 11.6 Å². The Bertz CT molecular complexity index is 948. The van der Waals surface area contributed by atoms with Gasteiger partial charge in [-0.1, -0.05) is 11.6 Å². The molecule has 0 bridgehead atoms. The number of hydrogen-bond acceptors (Lipinski definition) is 4. The summed E-state index contributed by atoms with van der Waals surface area (Å²) in [7, 11) is -2.35. The molecule has 1 heterocycles. The van der Waals surface area contributed by atoms with Gasteiger partial charge in [0.25, 0.3) is 10.0 Å². The minimum atomic E-state index is -4.61. The zero-order chi connectivity index (χ0) is 19.1. The van der Waals surface area contributed by atoms with Crippen molar-refractivity contribution in [2.75, 3.05) is 29.8 Å². The van der Waals surface area contributed by atoms with E-state index in [2.05, 4.69) is 4.72 Å². The monoisotopic (exact) mass is 406 g/mol. The largest absolute Gasteiger partial charge is 0.490 e. The summed E-state index contributed by atoms with van der Waals surface area (Å²) >= 11 is 5.86. The van der Waals surface area contributed by atoms with E-state index in [9.17, 15) is 21.6 Å². The molecule has 1 aliphatic heterocycles. The minimum Gasteiger partial charge on any atom is -0.490 e. The number of benzene rings is 2. The molecule has 0 amide bonds. The van der Waals surface area contributed by atoms with E-state index in [4.69, 9.17) is 16.3 Å². The minimum absolute atomic E-state index is 0.109. The van der Waals surface area contributed by atoms with Crippen molar-refractivity contribution in [2.45, 2.75) is 11.1 Å². The molecule has 0 aliphatic carbocycles. The van der Waals surface area contributed by atoms with Crippen LogP contribution in [-0.2, 0) is 16.2 Å². The van der Waals surface area contributed by atoms with Gasteiger partial charge in [0.15, 0.2) is 0 Å². The van der Waals surface area contributed by atoms with Crippen molar-refractivity contribution in [1.29, 1.82) is 0 Å². The van der Waals surface area contributed by atoms with Crippen molar-refractivity contribution < 1.29 is 26.3 Å². The zero-order valence-electron chi connectivity index (χ0n) is 13.5. The number of hydrogen-bond donors (Lipinski definition) is 1. The first-order valence-electron chi connectivity index (χ1n) is 7.45. The van der Waals surface area contributed by atoms with Gasteiger partial charge in [0.2, 0.25) is 0 Å². The molecule has 5 nitrogen and oxygen atoms in total. The molecule has 2 aromatic rings. The lowest BCUT2D eigenvalue weighted by atomic mass is 10.2. The smallest absolute Gasteiger partial charge is 0.416 e. The second-order valence-corrected chi connectivity index (χ2v) is 7.79. The van der Waals surface area contributed by atoms with Gasteiger partial charge >= 0.3 is 6.18 Å². The van der Waals surface area contributed by atoms with Crippen LogP contribution in [0.5, 0.6) is 5.75 Å². The van der Waals surface area contributed by atoms with E-state index in [1.165, 1.54) is 18.2 Å². The lowest BCUT2D eigenvalue weighted by Gasteiger charge is -2.28. The van der Waals surface area contributed by atoms with Gasteiger partial charge < -0.3 is 9.64 Å². The molecule has 1 aliphatic rings. The highest BCUT2D eigenvalue weighted by molar-refractivity contribution is 7.92. The maximum absolute atomic E-state index is 12.8. The van der Waals surface area contributed by atoms with Crippen molar-refractivity contribution in [3.63, 3.8) is 0 Å². The molecule has 0 fully saturated rings. The van der Waals surface area contributed by atoms with E-state index in [1.807, 2.05) is 4.90 Å². The maximum atomic E-state index is 12.8. The average Bonchev–Trinajstić information content (AvgIpc) is 2.56. The predicted molar refractivity (Wildman–Crippen MR) is 92.5 cm³/mol. The highest BCUT2D eigenvalue weighted by Gasteiger charge is 2.31. The van der Waals surface area contributed by atoms with Crippen LogP contribution in [0.25, 0.3) is 0 Å². The fourth-order valence-corrected chi connectivity index (χ4v) is 3.79. The summed E-state index contributed by atoms with van der Waals surface area (Å²) in [6.07, 6.45) is -4.61. The topological polar surface area (TPSA) is 58.6 Å². The van der Waals surface area contributed by atoms with Gasteiger partial charge in [0, 0.05) is 7.05 Å². The second kappa shape index (κ2) is 6.55. The molecule has 10 heteroatoms. The third kappa shape index (κ3) is 3.68. The van der Waals surface area contributed by atoms with Gasteiger partial charge in [0.05, 0.1) is 33.4 Å². The number of rotatable bonds is 3. The third-order valence-corrected chi connectivity index (χ3v) is 5.57. The van der Waals surface area contributed by atoms with Crippen molar-refractivity contribution >= 4 is 33.0 Å². The molecule has 26 heavy (non-hydrogen) atoms. The molecule has 0 atom stereocenters. The maximum Gasteiger partial charge on any atom is 0.416 e. The van der Waals surface area contributed by atoms with Crippen molar-refractivity contribution in [3.05, 3.63) is 47.0 Å². The normalized spacial score (nSPS) is 14.6. The molecule has 3 rings (SSSR count). The number of halogens is 4. The zero-order valence-corrected chi connectivity index (χ0v) is 15.0. The Morgan fingerprint density at radius 1 is 1.19 bits per heavy atom. The number of sulfonamides is 1. The standard InChI is InChI=1S/C16H14ClF3N2O3S/c1-22-6-7-25-15-5-3-11(9-14(15)22)26(23,24)21-13-8-10(16(18,19)20)2-4-12(13)17/h2-5,8-9,21H,6-7H2,1H3. The average molecular weight is 407 g/mol. The Kier molecular flexibility index (Phi) is 4.70. The van der Waals surface area contributed by atoms with Gasteiger partial charge in [-0.05, 0) is 36.4 Å². The summed E-state index contributed by atoms with van der Waals surface area (Å²) < 4.78 is 71.3. The molecule has 2 aromatic carbocycles. The number of alkyl halides is 3. The summed E-state index contributed by atoms with van der Waals surface area (Å²) in [5, 5.41) is -0.139. The molecule has 0 saturated carbocycles. The van der Waals surface area contributed by atoms with E-state index in [-0.39, 0.29) is 15.6 Å². The summed E-state index contributed by atoms with van der Waals surface area (Å²) in [5.74, 6) is 0.537. The SMILES string of the molecule is CN1CCOc2ccc(S(=O)(=O)Nc3cc(C(F)(F)F)ccc3Cl)cc21. The van der Waals surface area contributed by atoms with Crippen LogP contribution in [0.2, 0.25) is 5.02 Å². The summed E-state index contributed by atoms with van der Waals surface area (Å²) in [5.41, 5.74) is -0.767. The predicted octanol–water partition coefficient (Wildman–Crippen LogP) is 3.99. The van der Waals surface area contributed by atoms with Crippen LogP contribution in [-0.4, -0.2) is 28.6 Å². The van der Waals surface area contributed by atoms with Crippen LogP contribution in [0, 0.1) is 0 Å². The number of likely N-dealkylation sites (N-methyl/N-ethyl adjacent to an activating group) is 1. The van der Waals surface area contributed by atoms with Crippen molar-refractivity contribution in [1.82, 2.24) is 0 Å². The lowest BCUT2D eigenvalue weighted by molar-refractivity contribution is -0.137. The molecule has 1 N–H and O–H groups in total. The van der Waals surface area contributed by atoms with Gasteiger partial charge in [0.1, 0.15) is 12.4 Å². The fourth-order valence-electron chi connectivity index (χ4n) is 2.48. The summed E-state index contributed by atoms with van der Waals surface area (Å²) in [4.78, 5) is 1.72. The first kappa shape index (κ1) is 18.7. The van der Waals surface area contributed by atoms with E-state index in [0.717, 1.165) is 12.1 Å². The Labute approximate surface area is 153 Å². The molecular formula is C16H14ClF3N2O3S. The second-order valence-electron chi connectivity index (χ2n) is 5.70. The summed E-state index contributed by atoms with van der Waals surface area (Å²) in [6.45, 7) is 1.07. The quantitative estimate of drug-likeness (QED) is 0.837. The van der Waals surface area contributed by atoms with Crippen LogP contribution in [0.1, 0.15) is 5.56 Å². The highest BCUT2D eigenvalue weighted by atomic mass is 35.5. The van der Waals surface area contributed by atoms with Crippen LogP contribution < -0.4 is 14.4 Å². The molecule has 0 radical (unpaired) electrons. The van der Waals surface area contributed by atoms with E-state index < -0.39 is 21.8 Å². The Balaban J connectivity index is 1.96. The van der Waals surface area contributed by atoms with Crippen LogP contribution in [0.3, 0.4) is 0 Å². The first-order valence-corrected chi connectivity index (χ1v) is 9.31. The van der Waals surface area contributed by atoms with Crippen LogP contribution in [0.4, 0.5) is 24.5 Å². The molecular weight excluding hydrogens is 393 g/mol. The Morgan fingerprint density at radius 3 is 2.62 bits per heavy atom. The molecule has 140 valence electrons. The number of ether oxygens (including phenoxy) is 1. The van der Waals surface area contributed by atoms with Crippen LogP contribution in [0.15, 0.2) is 41.3 Å². The van der Waals surface area contributed by atoms with Gasteiger partial charge in [-0.2, -0.15) is 13.2 Å². The number of fused-ring (bicyclic) bond motifs is 1. The summed E-state index contributed by atoms with van der Waals surface area (Å²) in [6, 6.07) is 6.67. The Morgan fingerprint density at radius 2 is 1.92 bits per heavy atom. The number of nitrogens with one attached hydrogen (secondary N) is 1. The third-order valence-electron chi connectivity index (χ3n) is 3.87. The van der Waals surface area contributed by atoms with E-state index in [0.29, 0.717) is 30.7 Å². The fraction of sp³-hybridized carbons (Fsp3) is 0.250. The van der Waals surface area contributed by atoms with E-state index >= 15 is 0 Å². The highest BCUT2D eigenvalue weighted by Crippen LogP contribution is 2.36.